The molecular weight excluding hydrogens is 373 g/mol. The number of nitrogens with zero attached hydrogens (tertiary/aromatic N) is 3. The highest BCUT2D eigenvalue weighted by molar-refractivity contribution is 5.85. The Hall–Kier alpha value is -1.50. The molecule has 2 aromatic heterocycles. The van der Waals surface area contributed by atoms with E-state index in [1.807, 2.05) is 6.07 Å². The number of aryl methyl sites for hydroxylation is 1. The lowest BCUT2D eigenvalue weighted by molar-refractivity contribution is 0.340. The summed E-state index contributed by atoms with van der Waals surface area (Å²) in [6.45, 7) is 3.22. The Morgan fingerprint density at radius 3 is 2.88 bits per heavy atom. The molecule has 0 saturated carbocycles. The molecule has 4 heterocycles. The topological polar surface area (TPSA) is 80.2 Å². The predicted molar refractivity (Wildman–Crippen MR) is 107 cm³/mol. The lowest BCUT2D eigenvalue weighted by Gasteiger charge is -2.24. The fourth-order valence-corrected chi connectivity index (χ4v) is 4.59. The minimum Gasteiger partial charge on any atom is -0.469 e. The van der Waals surface area contributed by atoms with Crippen LogP contribution in [0.4, 0.5) is 11.8 Å². The van der Waals surface area contributed by atoms with Gasteiger partial charge in [0.2, 0.25) is 5.95 Å². The largest absolute Gasteiger partial charge is 0.469 e. The van der Waals surface area contributed by atoms with Crippen LogP contribution in [0.15, 0.2) is 16.7 Å². The van der Waals surface area contributed by atoms with Gasteiger partial charge in [-0.15, -0.1) is 24.8 Å². The molecule has 3 aliphatic rings. The maximum Gasteiger partial charge on any atom is 0.222 e. The van der Waals surface area contributed by atoms with Crippen LogP contribution in [0.25, 0.3) is 11.3 Å². The molecule has 2 aromatic rings. The lowest BCUT2D eigenvalue weighted by atomic mass is 9.94. The van der Waals surface area contributed by atoms with Crippen molar-refractivity contribution in [1.82, 2.24) is 15.3 Å². The third-order valence-corrected chi connectivity index (χ3v) is 5.73. The van der Waals surface area contributed by atoms with E-state index in [0.717, 1.165) is 67.7 Å². The number of hydrogen-bond acceptors (Lipinski definition) is 6. The molecule has 0 bridgehead atoms. The van der Waals surface area contributed by atoms with Crippen LogP contribution in [-0.4, -0.2) is 35.6 Å². The summed E-state index contributed by atoms with van der Waals surface area (Å²) in [5, 5.41) is 3.67. The second kappa shape index (κ2) is 7.62. The van der Waals surface area contributed by atoms with Crippen LogP contribution in [0.5, 0.6) is 0 Å². The molecule has 0 spiro atoms. The van der Waals surface area contributed by atoms with E-state index >= 15 is 0 Å². The number of halogens is 2. The molecule has 2 atom stereocenters. The number of hydrogen-bond donors (Lipinski definition) is 2. The van der Waals surface area contributed by atoms with E-state index in [1.54, 1.807) is 6.26 Å². The summed E-state index contributed by atoms with van der Waals surface area (Å²) in [7, 11) is 0. The quantitative estimate of drug-likeness (QED) is 0.769. The maximum atomic E-state index is 6.08. The number of fused-ring (bicyclic) bond motifs is 4. The Labute approximate surface area is 165 Å². The molecular formula is C18H25Cl2N5O. The number of nitrogen functional groups attached to an aromatic ring is 1. The monoisotopic (exact) mass is 397 g/mol. The molecule has 0 radical (unpaired) electrons. The van der Waals surface area contributed by atoms with Gasteiger partial charge in [-0.3, -0.25) is 0 Å². The molecule has 0 amide bonds. The molecule has 2 fully saturated rings. The van der Waals surface area contributed by atoms with Crippen molar-refractivity contribution in [2.24, 2.45) is 5.92 Å². The first-order valence-corrected chi connectivity index (χ1v) is 9.01. The second-order valence-corrected chi connectivity index (χ2v) is 7.21. The van der Waals surface area contributed by atoms with Gasteiger partial charge < -0.3 is 20.4 Å². The second-order valence-electron chi connectivity index (χ2n) is 7.21. The van der Waals surface area contributed by atoms with E-state index in [-0.39, 0.29) is 24.8 Å². The number of anilines is 2. The van der Waals surface area contributed by atoms with E-state index in [2.05, 4.69) is 20.2 Å². The van der Waals surface area contributed by atoms with Crippen molar-refractivity contribution in [2.75, 3.05) is 30.3 Å². The first-order valence-electron chi connectivity index (χ1n) is 9.01. The Kier molecular flexibility index (Phi) is 5.65. The summed E-state index contributed by atoms with van der Waals surface area (Å²) in [4.78, 5) is 11.7. The Morgan fingerprint density at radius 1 is 1.15 bits per heavy atom. The number of nitrogens with one attached hydrogen (secondary N) is 1. The van der Waals surface area contributed by atoms with Crippen molar-refractivity contribution in [3.63, 3.8) is 0 Å². The molecule has 2 unspecified atom stereocenters. The SMILES string of the molecule is Cl.Cl.Nc1nc2c(c(N3CC4CCCNC4C3)n1)CCCc1occc1-2. The maximum absolute atomic E-state index is 6.08. The minimum atomic E-state index is 0. The lowest BCUT2D eigenvalue weighted by Crippen LogP contribution is -2.40. The molecule has 8 heteroatoms. The first kappa shape index (κ1) is 19.3. The number of rotatable bonds is 1. The van der Waals surface area contributed by atoms with Crippen LogP contribution < -0.4 is 16.0 Å². The number of piperidine rings is 1. The van der Waals surface area contributed by atoms with Gasteiger partial charge in [0.05, 0.1) is 12.0 Å². The van der Waals surface area contributed by atoms with Crippen molar-refractivity contribution < 1.29 is 4.42 Å². The predicted octanol–water partition coefficient (Wildman–Crippen LogP) is 2.84. The Balaban J connectivity index is 0.000000980. The molecule has 3 N–H and O–H groups in total. The molecule has 5 rings (SSSR count). The van der Waals surface area contributed by atoms with Gasteiger partial charge in [-0.25, -0.2) is 4.98 Å². The number of furan rings is 1. The van der Waals surface area contributed by atoms with Crippen molar-refractivity contribution in [3.05, 3.63) is 23.7 Å². The van der Waals surface area contributed by atoms with Crippen LogP contribution in [0.3, 0.4) is 0 Å². The van der Waals surface area contributed by atoms with E-state index in [0.29, 0.717) is 12.0 Å². The van der Waals surface area contributed by atoms with Gasteiger partial charge in [-0.2, -0.15) is 4.98 Å². The average Bonchev–Trinajstić information content (AvgIpc) is 3.18. The summed E-state index contributed by atoms with van der Waals surface area (Å²) in [5.74, 6) is 3.15. The molecule has 6 nitrogen and oxygen atoms in total. The molecule has 1 aliphatic carbocycles. The molecule has 0 aromatic carbocycles. The number of nitrogens with two attached hydrogens (primary N) is 1. The minimum absolute atomic E-state index is 0. The van der Waals surface area contributed by atoms with Crippen molar-refractivity contribution >= 4 is 36.6 Å². The highest BCUT2D eigenvalue weighted by Gasteiger charge is 2.36. The van der Waals surface area contributed by atoms with Crippen LogP contribution in [0, 0.1) is 5.92 Å². The van der Waals surface area contributed by atoms with E-state index in [9.17, 15) is 0 Å². The standard InChI is InChI=1S/C18H23N5O.2ClH/c19-18-21-16-12-6-8-24-15(12)5-1-4-13(16)17(22-18)23-9-11-3-2-7-20-14(11)10-23;;/h6,8,11,14,20H,1-5,7,9-10H2,(H2,19,21,22);2*1H. The van der Waals surface area contributed by atoms with Gasteiger partial charge in [0.1, 0.15) is 11.6 Å². The molecule has 26 heavy (non-hydrogen) atoms. The zero-order valence-electron chi connectivity index (χ0n) is 14.6. The van der Waals surface area contributed by atoms with E-state index in [4.69, 9.17) is 10.2 Å². The van der Waals surface area contributed by atoms with Gasteiger partial charge in [0.25, 0.3) is 0 Å². The van der Waals surface area contributed by atoms with E-state index < -0.39 is 0 Å². The van der Waals surface area contributed by atoms with Gasteiger partial charge in [0.15, 0.2) is 0 Å². The summed E-state index contributed by atoms with van der Waals surface area (Å²) < 4.78 is 5.65. The average molecular weight is 398 g/mol. The van der Waals surface area contributed by atoms with Crippen molar-refractivity contribution in [1.29, 1.82) is 0 Å². The zero-order valence-corrected chi connectivity index (χ0v) is 16.2. The summed E-state index contributed by atoms with van der Waals surface area (Å²) in [6.07, 6.45) is 7.33. The third kappa shape index (κ3) is 3.15. The highest BCUT2D eigenvalue weighted by atomic mass is 35.5. The van der Waals surface area contributed by atoms with E-state index in [1.165, 1.54) is 18.4 Å². The highest BCUT2D eigenvalue weighted by Crippen LogP contribution is 2.38. The zero-order chi connectivity index (χ0) is 16.1. The molecule has 2 aliphatic heterocycles. The van der Waals surface area contributed by atoms with Gasteiger partial charge in [0, 0.05) is 36.7 Å². The Morgan fingerprint density at radius 2 is 2.04 bits per heavy atom. The van der Waals surface area contributed by atoms with Gasteiger partial charge in [-0.05, 0) is 44.2 Å². The van der Waals surface area contributed by atoms with Gasteiger partial charge >= 0.3 is 0 Å². The molecule has 142 valence electrons. The van der Waals surface area contributed by atoms with Crippen molar-refractivity contribution in [3.8, 4) is 11.3 Å². The normalized spacial score (nSPS) is 23.8. The molecule has 2 saturated heterocycles. The summed E-state index contributed by atoms with van der Waals surface area (Å²) in [5.41, 5.74) is 9.38. The van der Waals surface area contributed by atoms with Crippen LogP contribution in [0.2, 0.25) is 0 Å². The van der Waals surface area contributed by atoms with Crippen LogP contribution in [0.1, 0.15) is 30.6 Å². The summed E-state index contributed by atoms with van der Waals surface area (Å²) >= 11 is 0. The fourth-order valence-electron chi connectivity index (χ4n) is 4.59. The Bertz CT molecular complexity index is 767. The number of aromatic nitrogens is 2. The fraction of sp³-hybridized carbons (Fsp3) is 0.556. The van der Waals surface area contributed by atoms with Crippen molar-refractivity contribution in [2.45, 2.75) is 38.1 Å². The summed E-state index contributed by atoms with van der Waals surface area (Å²) in [6, 6.07) is 2.60. The van der Waals surface area contributed by atoms with Crippen LogP contribution >= 0.6 is 24.8 Å². The van der Waals surface area contributed by atoms with Crippen LogP contribution in [-0.2, 0) is 12.8 Å². The smallest absolute Gasteiger partial charge is 0.222 e. The van der Waals surface area contributed by atoms with Gasteiger partial charge in [-0.1, -0.05) is 0 Å². The third-order valence-electron chi connectivity index (χ3n) is 5.73. The first-order chi connectivity index (χ1) is 11.8.